The number of hydrogen-bond donors (Lipinski definition) is 2. The van der Waals surface area contributed by atoms with Gasteiger partial charge in [0.05, 0.1) is 11.5 Å². The maximum atomic E-state index is 12.7. The molecule has 2 aromatic rings. The molecule has 0 aliphatic rings. The summed E-state index contributed by atoms with van der Waals surface area (Å²) in [7, 11) is 0. The van der Waals surface area contributed by atoms with Crippen molar-refractivity contribution in [1.82, 2.24) is 4.98 Å². The van der Waals surface area contributed by atoms with E-state index < -0.39 is 34.8 Å². The van der Waals surface area contributed by atoms with Crippen molar-refractivity contribution in [3.63, 3.8) is 0 Å². The third-order valence-electron chi connectivity index (χ3n) is 3.42. The third-order valence-corrected chi connectivity index (χ3v) is 3.42. The fraction of sp³-hybridized carbons (Fsp3) is 0.250. The van der Waals surface area contributed by atoms with Crippen LogP contribution in [0, 0.1) is 0 Å². The number of hydrogen-bond acceptors (Lipinski definition) is 2. The average Bonchev–Trinajstić information content (AvgIpc) is 2.50. The molecular formula is C16H15F3N2O2. The predicted molar refractivity (Wildman–Crippen MR) is 80.2 cm³/mol. The Kier molecular flexibility index (Phi) is 4.88. The summed E-state index contributed by atoms with van der Waals surface area (Å²) in [5.74, 6) is -1.08. The van der Waals surface area contributed by atoms with Gasteiger partial charge in [-0.1, -0.05) is 37.3 Å². The Morgan fingerprint density at radius 1 is 1.26 bits per heavy atom. The summed E-state index contributed by atoms with van der Waals surface area (Å²) in [6, 6.07) is 9.47. The Balaban J connectivity index is 2.27. The van der Waals surface area contributed by atoms with Crippen LogP contribution >= 0.6 is 0 Å². The summed E-state index contributed by atoms with van der Waals surface area (Å²) in [5, 5.41) is 2.29. The van der Waals surface area contributed by atoms with E-state index >= 15 is 0 Å². The van der Waals surface area contributed by atoms with E-state index in [1.54, 1.807) is 37.3 Å². The molecule has 23 heavy (non-hydrogen) atoms. The van der Waals surface area contributed by atoms with Crippen LogP contribution in [0.2, 0.25) is 0 Å². The minimum atomic E-state index is -4.60. The highest BCUT2D eigenvalue weighted by atomic mass is 19.4. The van der Waals surface area contributed by atoms with Gasteiger partial charge in [0, 0.05) is 6.20 Å². The van der Waals surface area contributed by atoms with Crippen molar-refractivity contribution in [1.29, 1.82) is 0 Å². The van der Waals surface area contributed by atoms with Crippen molar-refractivity contribution in [2.75, 3.05) is 5.32 Å². The minimum Gasteiger partial charge on any atom is -0.327 e. The molecule has 1 aromatic heterocycles. The number of aromatic nitrogens is 1. The molecule has 4 nitrogen and oxygen atoms in total. The van der Waals surface area contributed by atoms with E-state index in [1.807, 2.05) is 4.98 Å². The van der Waals surface area contributed by atoms with Crippen molar-refractivity contribution < 1.29 is 18.0 Å². The Bertz CT molecular complexity index is 739. The molecule has 0 aliphatic heterocycles. The van der Waals surface area contributed by atoms with Crippen LogP contribution in [0.4, 0.5) is 18.9 Å². The van der Waals surface area contributed by atoms with Gasteiger partial charge in [0.1, 0.15) is 5.69 Å². The van der Waals surface area contributed by atoms with E-state index in [9.17, 15) is 22.8 Å². The van der Waals surface area contributed by atoms with Crippen LogP contribution in [0.15, 0.2) is 47.4 Å². The predicted octanol–water partition coefficient (Wildman–Crippen LogP) is 3.53. The van der Waals surface area contributed by atoms with Gasteiger partial charge in [-0.15, -0.1) is 0 Å². The normalized spacial score (nSPS) is 12.7. The number of H-pyrrole nitrogens is 1. The molecule has 0 fully saturated rings. The van der Waals surface area contributed by atoms with Crippen LogP contribution in [0.3, 0.4) is 0 Å². The van der Waals surface area contributed by atoms with Gasteiger partial charge in [0.25, 0.3) is 5.56 Å². The Labute approximate surface area is 130 Å². The van der Waals surface area contributed by atoms with E-state index in [4.69, 9.17) is 0 Å². The highest BCUT2D eigenvalue weighted by Gasteiger charge is 2.31. The highest BCUT2D eigenvalue weighted by Crippen LogP contribution is 2.29. The highest BCUT2D eigenvalue weighted by molar-refractivity contribution is 5.95. The van der Waals surface area contributed by atoms with Crippen LogP contribution in [0.25, 0.3) is 0 Å². The number of nitrogens with one attached hydrogen (secondary N) is 2. The van der Waals surface area contributed by atoms with Crippen molar-refractivity contribution in [2.45, 2.75) is 25.4 Å². The number of amides is 1. The first kappa shape index (κ1) is 16.8. The van der Waals surface area contributed by atoms with Gasteiger partial charge in [-0.2, -0.15) is 13.2 Å². The molecule has 1 atom stereocenters. The topological polar surface area (TPSA) is 62.0 Å². The summed E-state index contributed by atoms with van der Waals surface area (Å²) < 4.78 is 38.1. The summed E-state index contributed by atoms with van der Waals surface area (Å²) in [5.41, 5.74) is -1.50. The fourth-order valence-corrected chi connectivity index (χ4v) is 2.22. The van der Waals surface area contributed by atoms with Gasteiger partial charge in [-0.25, -0.2) is 0 Å². The van der Waals surface area contributed by atoms with Crippen molar-refractivity contribution in [2.24, 2.45) is 0 Å². The number of rotatable bonds is 4. The van der Waals surface area contributed by atoms with Crippen LogP contribution in [-0.2, 0) is 11.0 Å². The SMILES string of the molecule is CCC(C(=O)Nc1cc(C(F)(F)F)c[nH]c1=O)c1ccccc1. The molecule has 0 saturated heterocycles. The number of aromatic amines is 1. The largest absolute Gasteiger partial charge is 0.417 e. The van der Waals surface area contributed by atoms with Gasteiger partial charge in [-0.05, 0) is 18.1 Å². The van der Waals surface area contributed by atoms with Crippen molar-refractivity contribution in [3.05, 3.63) is 64.1 Å². The molecule has 0 bridgehead atoms. The van der Waals surface area contributed by atoms with E-state index in [2.05, 4.69) is 5.32 Å². The Morgan fingerprint density at radius 2 is 1.91 bits per heavy atom. The third kappa shape index (κ3) is 4.00. The first-order valence-electron chi connectivity index (χ1n) is 6.98. The molecule has 2 N–H and O–H groups in total. The zero-order valence-corrected chi connectivity index (χ0v) is 12.3. The van der Waals surface area contributed by atoms with Gasteiger partial charge in [0.15, 0.2) is 0 Å². The maximum absolute atomic E-state index is 12.7. The number of anilines is 1. The molecule has 1 heterocycles. The van der Waals surface area contributed by atoms with Gasteiger partial charge >= 0.3 is 6.18 Å². The number of pyridine rings is 1. The summed E-state index contributed by atoms with van der Waals surface area (Å²) in [4.78, 5) is 25.9. The molecule has 1 aromatic carbocycles. The summed E-state index contributed by atoms with van der Waals surface area (Å²) in [6.07, 6.45) is -3.58. The van der Waals surface area contributed by atoms with E-state index in [0.29, 0.717) is 18.7 Å². The Morgan fingerprint density at radius 3 is 2.48 bits per heavy atom. The van der Waals surface area contributed by atoms with Crippen LogP contribution < -0.4 is 10.9 Å². The number of carbonyl (C=O) groups excluding carboxylic acids is 1. The molecule has 0 aliphatic carbocycles. The lowest BCUT2D eigenvalue weighted by molar-refractivity contribution is -0.137. The van der Waals surface area contributed by atoms with E-state index in [-0.39, 0.29) is 0 Å². The average molecular weight is 324 g/mol. The monoisotopic (exact) mass is 324 g/mol. The molecular weight excluding hydrogens is 309 g/mol. The second kappa shape index (κ2) is 6.68. The molecule has 0 spiro atoms. The van der Waals surface area contributed by atoms with E-state index in [0.717, 1.165) is 5.56 Å². The van der Waals surface area contributed by atoms with Gasteiger partial charge in [0.2, 0.25) is 5.91 Å². The second-order valence-corrected chi connectivity index (χ2v) is 4.99. The molecule has 1 unspecified atom stereocenters. The number of carbonyl (C=O) groups is 1. The van der Waals surface area contributed by atoms with E-state index in [1.165, 1.54) is 0 Å². The second-order valence-electron chi connectivity index (χ2n) is 4.99. The molecule has 122 valence electrons. The summed E-state index contributed by atoms with van der Waals surface area (Å²) in [6.45, 7) is 1.79. The lowest BCUT2D eigenvalue weighted by Crippen LogP contribution is -2.25. The first-order chi connectivity index (χ1) is 10.8. The lowest BCUT2D eigenvalue weighted by Gasteiger charge is -2.15. The molecule has 1 amide bonds. The van der Waals surface area contributed by atoms with Crippen LogP contribution in [-0.4, -0.2) is 10.9 Å². The van der Waals surface area contributed by atoms with Crippen molar-refractivity contribution in [3.8, 4) is 0 Å². The molecule has 7 heteroatoms. The summed E-state index contributed by atoms with van der Waals surface area (Å²) >= 11 is 0. The van der Waals surface area contributed by atoms with Gasteiger partial charge < -0.3 is 10.3 Å². The first-order valence-corrected chi connectivity index (χ1v) is 6.98. The lowest BCUT2D eigenvalue weighted by atomic mass is 9.95. The molecule has 2 rings (SSSR count). The standard InChI is InChI=1S/C16H15F3N2O2/c1-2-12(10-6-4-3-5-7-10)14(22)21-13-8-11(16(17,18)19)9-20-15(13)23/h3-9,12H,2H2,1H3,(H,20,23)(H,21,22). The molecule has 0 saturated carbocycles. The van der Waals surface area contributed by atoms with Crippen LogP contribution in [0.1, 0.15) is 30.4 Å². The zero-order chi connectivity index (χ0) is 17.0. The van der Waals surface area contributed by atoms with Crippen LogP contribution in [0.5, 0.6) is 0 Å². The molecule has 0 radical (unpaired) electrons. The smallest absolute Gasteiger partial charge is 0.327 e. The quantitative estimate of drug-likeness (QED) is 0.904. The Hall–Kier alpha value is -2.57. The fourth-order valence-electron chi connectivity index (χ4n) is 2.22. The number of alkyl halides is 3. The zero-order valence-electron chi connectivity index (χ0n) is 12.3. The van der Waals surface area contributed by atoms with Gasteiger partial charge in [-0.3, -0.25) is 9.59 Å². The number of benzene rings is 1. The maximum Gasteiger partial charge on any atom is 0.417 e. The minimum absolute atomic E-state index is 0.417. The van der Waals surface area contributed by atoms with Crippen molar-refractivity contribution >= 4 is 11.6 Å². The number of halogens is 3.